The van der Waals surface area contributed by atoms with E-state index in [0.717, 1.165) is 10.9 Å². The Bertz CT molecular complexity index is 902. The number of thiazole rings is 1. The first-order valence-electron chi connectivity index (χ1n) is 5.70. The van der Waals surface area contributed by atoms with Crippen molar-refractivity contribution in [2.24, 2.45) is 0 Å². The minimum Gasteiger partial charge on any atom is -0.429 e. The third-order valence-electron chi connectivity index (χ3n) is 2.46. The van der Waals surface area contributed by atoms with Crippen LogP contribution in [0.2, 0.25) is 5.15 Å². The molecule has 0 unspecified atom stereocenters. The number of aromatic amines is 1. The van der Waals surface area contributed by atoms with Gasteiger partial charge < -0.3 is 4.74 Å². The Morgan fingerprint density at radius 1 is 1.29 bits per heavy atom. The number of benzene rings is 1. The summed E-state index contributed by atoms with van der Waals surface area (Å²) in [5, 5.41) is 6.09. The molecule has 1 N–H and O–H groups in total. The van der Waals surface area contributed by atoms with Crippen LogP contribution in [-0.2, 0) is 0 Å². The van der Waals surface area contributed by atoms with Crippen LogP contribution in [0, 0.1) is 0 Å². The number of halogens is 1. The normalized spacial score (nSPS) is 10.5. The Balaban J connectivity index is 2.07. The fourth-order valence-corrected chi connectivity index (χ4v) is 2.42. The Labute approximate surface area is 126 Å². The molecule has 0 fully saturated rings. The van der Waals surface area contributed by atoms with Gasteiger partial charge in [-0.2, -0.15) is 14.8 Å². The first kappa shape index (κ1) is 13.5. The second-order valence-electron chi connectivity index (χ2n) is 3.86. The maximum atomic E-state index is 11.8. The third kappa shape index (κ3) is 2.86. The summed E-state index contributed by atoms with van der Waals surface area (Å²) in [6, 6.07) is 6.75. The van der Waals surface area contributed by atoms with E-state index in [9.17, 15) is 9.59 Å². The number of hydrogen-bond acceptors (Lipinski definition) is 6. The average Bonchev–Trinajstić information content (AvgIpc) is 2.85. The van der Waals surface area contributed by atoms with E-state index in [4.69, 9.17) is 16.3 Å². The summed E-state index contributed by atoms with van der Waals surface area (Å²) >= 11 is 6.96. The van der Waals surface area contributed by atoms with Gasteiger partial charge in [0.2, 0.25) is 0 Å². The van der Waals surface area contributed by atoms with Crippen LogP contribution in [-0.4, -0.2) is 19.7 Å². The van der Waals surface area contributed by atoms with Crippen LogP contribution in [0.5, 0.6) is 10.9 Å². The standard InChI is InChI=1S/C12H7ClN4O3S/c13-9-6-21-12(15-9)20-8-4-2-1-3-7(8)17-11(19)16-10(18)5-14-17/h1-6H,(H,16,18,19). The van der Waals surface area contributed by atoms with Crippen molar-refractivity contribution >= 4 is 22.9 Å². The van der Waals surface area contributed by atoms with Gasteiger partial charge in [-0.15, -0.1) is 0 Å². The second kappa shape index (κ2) is 5.51. The summed E-state index contributed by atoms with van der Waals surface area (Å²) in [5.41, 5.74) is -0.845. The van der Waals surface area contributed by atoms with E-state index in [-0.39, 0.29) is 0 Å². The minimum absolute atomic E-state index is 0.326. The van der Waals surface area contributed by atoms with Gasteiger partial charge in [0.25, 0.3) is 10.8 Å². The van der Waals surface area contributed by atoms with Crippen LogP contribution in [0.1, 0.15) is 0 Å². The molecule has 1 aromatic carbocycles. The fraction of sp³-hybridized carbons (Fsp3) is 0. The summed E-state index contributed by atoms with van der Waals surface area (Å²) in [6.07, 6.45) is 1.01. The van der Waals surface area contributed by atoms with Gasteiger partial charge in [-0.05, 0) is 12.1 Å². The first-order valence-corrected chi connectivity index (χ1v) is 6.96. The fourth-order valence-electron chi connectivity index (χ4n) is 1.62. The van der Waals surface area contributed by atoms with Gasteiger partial charge in [-0.1, -0.05) is 35.1 Å². The Kier molecular flexibility index (Phi) is 3.55. The van der Waals surface area contributed by atoms with Gasteiger partial charge in [0.1, 0.15) is 17.0 Å². The maximum absolute atomic E-state index is 11.8. The highest BCUT2D eigenvalue weighted by Crippen LogP contribution is 2.30. The predicted molar refractivity (Wildman–Crippen MR) is 77.7 cm³/mol. The van der Waals surface area contributed by atoms with E-state index in [1.807, 2.05) is 0 Å². The van der Waals surface area contributed by atoms with E-state index in [1.165, 1.54) is 11.3 Å². The van der Waals surface area contributed by atoms with Crippen LogP contribution in [0.15, 0.2) is 45.4 Å². The highest BCUT2D eigenvalue weighted by molar-refractivity contribution is 7.11. The summed E-state index contributed by atoms with van der Waals surface area (Å²) in [7, 11) is 0. The molecule has 3 rings (SSSR count). The molecule has 0 amide bonds. The van der Waals surface area contributed by atoms with Crippen molar-refractivity contribution in [2.45, 2.75) is 0 Å². The van der Waals surface area contributed by atoms with Gasteiger partial charge >= 0.3 is 5.69 Å². The van der Waals surface area contributed by atoms with Gasteiger partial charge in [0.15, 0.2) is 5.75 Å². The van der Waals surface area contributed by atoms with E-state index in [2.05, 4.69) is 15.1 Å². The summed E-state index contributed by atoms with van der Waals surface area (Å²) in [4.78, 5) is 29.0. The van der Waals surface area contributed by atoms with Gasteiger partial charge in [-0.3, -0.25) is 9.78 Å². The average molecular weight is 323 g/mol. The molecule has 0 saturated carbocycles. The van der Waals surface area contributed by atoms with Crippen molar-refractivity contribution in [3.8, 4) is 16.6 Å². The summed E-state index contributed by atoms with van der Waals surface area (Å²) in [6.45, 7) is 0. The highest BCUT2D eigenvalue weighted by Gasteiger charge is 2.11. The quantitative estimate of drug-likeness (QED) is 0.794. The number of H-pyrrole nitrogens is 1. The lowest BCUT2D eigenvalue weighted by molar-refractivity contribution is 0.473. The molecule has 0 bridgehead atoms. The number of aromatic nitrogens is 4. The van der Waals surface area contributed by atoms with E-state index in [0.29, 0.717) is 21.8 Å². The minimum atomic E-state index is -0.657. The predicted octanol–water partition coefficient (Wildman–Crippen LogP) is 1.82. The van der Waals surface area contributed by atoms with Crippen molar-refractivity contribution < 1.29 is 4.74 Å². The number of nitrogens with one attached hydrogen (secondary N) is 1. The molecule has 0 aliphatic heterocycles. The zero-order chi connectivity index (χ0) is 14.8. The zero-order valence-electron chi connectivity index (χ0n) is 10.3. The molecular weight excluding hydrogens is 316 g/mol. The number of nitrogens with zero attached hydrogens (tertiary/aromatic N) is 3. The molecule has 0 atom stereocenters. The number of ether oxygens (including phenoxy) is 1. The molecular formula is C12H7ClN4O3S. The molecule has 0 aliphatic rings. The van der Waals surface area contributed by atoms with Crippen LogP contribution in [0.3, 0.4) is 0 Å². The van der Waals surface area contributed by atoms with Crippen LogP contribution < -0.4 is 16.0 Å². The molecule has 3 aromatic rings. The molecule has 2 heterocycles. The Morgan fingerprint density at radius 3 is 2.81 bits per heavy atom. The molecule has 0 saturated heterocycles. The van der Waals surface area contributed by atoms with Crippen LogP contribution in [0.4, 0.5) is 0 Å². The number of para-hydroxylation sites is 2. The lowest BCUT2D eigenvalue weighted by Gasteiger charge is -2.09. The maximum Gasteiger partial charge on any atom is 0.349 e. The number of rotatable bonds is 3. The van der Waals surface area contributed by atoms with Gasteiger partial charge in [0, 0.05) is 5.38 Å². The third-order valence-corrected chi connectivity index (χ3v) is 3.50. The Hall–Kier alpha value is -2.45. The van der Waals surface area contributed by atoms with E-state index in [1.54, 1.807) is 29.6 Å². The topological polar surface area (TPSA) is 89.9 Å². The smallest absolute Gasteiger partial charge is 0.349 e. The molecule has 0 spiro atoms. The molecule has 21 heavy (non-hydrogen) atoms. The highest BCUT2D eigenvalue weighted by atomic mass is 35.5. The van der Waals surface area contributed by atoms with Crippen LogP contribution in [0.25, 0.3) is 5.69 Å². The van der Waals surface area contributed by atoms with Gasteiger partial charge in [0.05, 0.1) is 0 Å². The van der Waals surface area contributed by atoms with Gasteiger partial charge in [-0.25, -0.2) is 4.79 Å². The lowest BCUT2D eigenvalue weighted by Crippen LogP contribution is -2.30. The summed E-state index contributed by atoms with van der Waals surface area (Å²) < 4.78 is 6.63. The number of hydrogen-bond donors (Lipinski definition) is 1. The van der Waals surface area contributed by atoms with Crippen molar-refractivity contribution in [3.63, 3.8) is 0 Å². The van der Waals surface area contributed by atoms with Crippen molar-refractivity contribution in [1.29, 1.82) is 0 Å². The van der Waals surface area contributed by atoms with Crippen molar-refractivity contribution in [1.82, 2.24) is 19.7 Å². The second-order valence-corrected chi connectivity index (χ2v) is 5.06. The monoisotopic (exact) mass is 322 g/mol. The molecule has 9 heteroatoms. The molecule has 0 radical (unpaired) electrons. The SMILES string of the molecule is O=c1cnn(-c2ccccc2Oc2nc(Cl)cs2)c(=O)[nH]1. The van der Waals surface area contributed by atoms with Crippen molar-refractivity contribution in [2.75, 3.05) is 0 Å². The zero-order valence-corrected chi connectivity index (χ0v) is 11.9. The lowest BCUT2D eigenvalue weighted by atomic mass is 10.3. The van der Waals surface area contributed by atoms with Crippen LogP contribution >= 0.6 is 22.9 Å². The largest absolute Gasteiger partial charge is 0.429 e. The molecule has 106 valence electrons. The first-order chi connectivity index (χ1) is 10.1. The summed E-state index contributed by atoms with van der Waals surface area (Å²) in [5.74, 6) is 0.366. The van der Waals surface area contributed by atoms with Crippen molar-refractivity contribution in [3.05, 3.63) is 61.8 Å². The van der Waals surface area contributed by atoms with E-state index < -0.39 is 11.2 Å². The molecule has 0 aliphatic carbocycles. The van der Waals surface area contributed by atoms with E-state index >= 15 is 0 Å². The molecule has 2 aromatic heterocycles. The Morgan fingerprint density at radius 2 is 2.10 bits per heavy atom. The molecule has 7 nitrogen and oxygen atoms in total.